The van der Waals surface area contributed by atoms with Gasteiger partial charge in [0.05, 0.1) is 6.04 Å². The standard InChI is InChI=1S/C11H12FNO/c1-3-11(14)13-8(2)9-6-4-5-7-10(9)12/h3-8H,1H2,2H3,(H,13,14)/t8-/m0/s1. The second-order valence-electron chi connectivity index (χ2n) is 2.96. The van der Waals surface area contributed by atoms with Gasteiger partial charge in [-0.15, -0.1) is 0 Å². The molecule has 1 amide bonds. The number of hydrogen-bond donors (Lipinski definition) is 1. The van der Waals surface area contributed by atoms with Gasteiger partial charge in [0.1, 0.15) is 5.82 Å². The highest BCUT2D eigenvalue weighted by Crippen LogP contribution is 2.15. The van der Waals surface area contributed by atoms with Gasteiger partial charge >= 0.3 is 0 Å². The average molecular weight is 193 g/mol. The Kier molecular flexibility index (Phi) is 3.40. The first-order valence-corrected chi connectivity index (χ1v) is 4.32. The quantitative estimate of drug-likeness (QED) is 0.732. The maximum atomic E-state index is 13.2. The van der Waals surface area contributed by atoms with Crippen molar-refractivity contribution in [2.45, 2.75) is 13.0 Å². The molecular weight excluding hydrogens is 181 g/mol. The molecule has 0 aromatic heterocycles. The third kappa shape index (κ3) is 2.42. The molecule has 0 fully saturated rings. The molecule has 3 heteroatoms. The van der Waals surface area contributed by atoms with Crippen molar-refractivity contribution in [3.63, 3.8) is 0 Å². The van der Waals surface area contributed by atoms with Crippen LogP contribution in [-0.4, -0.2) is 5.91 Å². The third-order valence-electron chi connectivity index (χ3n) is 1.92. The molecule has 0 saturated heterocycles. The van der Waals surface area contributed by atoms with Crippen LogP contribution >= 0.6 is 0 Å². The van der Waals surface area contributed by atoms with Crippen molar-refractivity contribution in [1.82, 2.24) is 5.32 Å². The highest BCUT2D eigenvalue weighted by atomic mass is 19.1. The second kappa shape index (κ2) is 4.56. The summed E-state index contributed by atoms with van der Waals surface area (Å²) in [5, 5.41) is 2.59. The Balaban J connectivity index is 2.79. The van der Waals surface area contributed by atoms with Crippen molar-refractivity contribution in [2.75, 3.05) is 0 Å². The van der Waals surface area contributed by atoms with Gasteiger partial charge in [0.2, 0.25) is 5.91 Å². The summed E-state index contributed by atoms with van der Waals surface area (Å²) in [6.45, 7) is 5.05. The fourth-order valence-corrected chi connectivity index (χ4v) is 1.18. The molecule has 74 valence electrons. The first-order chi connectivity index (χ1) is 6.65. The Morgan fingerprint density at radius 2 is 2.21 bits per heavy atom. The normalized spacial score (nSPS) is 11.9. The molecule has 0 aliphatic heterocycles. The van der Waals surface area contributed by atoms with E-state index in [-0.39, 0.29) is 17.8 Å². The minimum Gasteiger partial charge on any atom is -0.346 e. The first kappa shape index (κ1) is 10.4. The third-order valence-corrected chi connectivity index (χ3v) is 1.92. The summed E-state index contributed by atoms with van der Waals surface area (Å²) in [5.74, 6) is -0.620. The van der Waals surface area contributed by atoms with E-state index in [1.165, 1.54) is 6.07 Å². The van der Waals surface area contributed by atoms with Gasteiger partial charge in [0.25, 0.3) is 0 Å². The van der Waals surface area contributed by atoms with E-state index < -0.39 is 0 Å². The van der Waals surface area contributed by atoms with Gasteiger partial charge in [-0.1, -0.05) is 24.8 Å². The van der Waals surface area contributed by atoms with Crippen LogP contribution in [0.2, 0.25) is 0 Å². The minimum absolute atomic E-state index is 0.305. The smallest absolute Gasteiger partial charge is 0.243 e. The number of hydrogen-bond acceptors (Lipinski definition) is 1. The molecule has 0 radical (unpaired) electrons. The molecule has 0 spiro atoms. The summed E-state index contributed by atoms with van der Waals surface area (Å²) in [4.78, 5) is 11.0. The maximum Gasteiger partial charge on any atom is 0.243 e. The monoisotopic (exact) mass is 193 g/mol. The van der Waals surface area contributed by atoms with E-state index in [0.29, 0.717) is 5.56 Å². The Labute approximate surface area is 82.4 Å². The van der Waals surface area contributed by atoms with E-state index in [1.54, 1.807) is 25.1 Å². The Hall–Kier alpha value is -1.64. The van der Waals surface area contributed by atoms with Crippen molar-refractivity contribution in [1.29, 1.82) is 0 Å². The second-order valence-corrected chi connectivity index (χ2v) is 2.96. The topological polar surface area (TPSA) is 29.1 Å². The Morgan fingerprint density at radius 3 is 2.79 bits per heavy atom. The maximum absolute atomic E-state index is 13.2. The van der Waals surface area contributed by atoms with Crippen molar-refractivity contribution in [3.8, 4) is 0 Å². The lowest BCUT2D eigenvalue weighted by atomic mass is 10.1. The zero-order chi connectivity index (χ0) is 10.6. The molecule has 0 aliphatic rings. The molecule has 1 aromatic rings. The van der Waals surface area contributed by atoms with Crippen LogP contribution in [0.1, 0.15) is 18.5 Å². The van der Waals surface area contributed by atoms with Crippen molar-refractivity contribution < 1.29 is 9.18 Å². The predicted molar refractivity (Wildman–Crippen MR) is 53.2 cm³/mol. The summed E-state index contributed by atoms with van der Waals surface area (Å²) in [5.41, 5.74) is 0.475. The van der Waals surface area contributed by atoms with Crippen molar-refractivity contribution in [3.05, 3.63) is 48.3 Å². The van der Waals surface area contributed by atoms with E-state index in [2.05, 4.69) is 11.9 Å². The van der Waals surface area contributed by atoms with Gasteiger partial charge in [-0.25, -0.2) is 4.39 Å². The van der Waals surface area contributed by atoms with Crippen LogP contribution in [-0.2, 0) is 4.79 Å². The largest absolute Gasteiger partial charge is 0.346 e. The fourth-order valence-electron chi connectivity index (χ4n) is 1.18. The predicted octanol–water partition coefficient (Wildman–Crippen LogP) is 2.19. The lowest BCUT2D eigenvalue weighted by Crippen LogP contribution is -2.25. The summed E-state index contributed by atoms with van der Waals surface area (Å²) in [6.07, 6.45) is 1.16. The molecule has 1 rings (SSSR count). The zero-order valence-corrected chi connectivity index (χ0v) is 7.96. The Bertz CT molecular complexity index is 349. The van der Waals surface area contributed by atoms with Crippen LogP contribution in [0.15, 0.2) is 36.9 Å². The molecular formula is C11H12FNO. The molecule has 0 saturated carbocycles. The number of carbonyl (C=O) groups is 1. The summed E-state index contributed by atoms with van der Waals surface area (Å²) < 4.78 is 13.2. The summed E-state index contributed by atoms with van der Waals surface area (Å²) in [6, 6.07) is 6.01. The van der Waals surface area contributed by atoms with Gasteiger partial charge < -0.3 is 5.32 Å². The zero-order valence-electron chi connectivity index (χ0n) is 7.96. The number of halogens is 1. The number of rotatable bonds is 3. The molecule has 0 aliphatic carbocycles. The SMILES string of the molecule is C=CC(=O)N[C@@H](C)c1ccccc1F. The van der Waals surface area contributed by atoms with E-state index >= 15 is 0 Å². The molecule has 0 unspecified atom stereocenters. The lowest BCUT2D eigenvalue weighted by Gasteiger charge is -2.13. The number of amides is 1. The molecule has 0 heterocycles. The number of nitrogens with one attached hydrogen (secondary N) is 1. The minimum atomic E-state index is -0.346. The average Bonchev–Trinajstić information content (AvgIpc) is 2.18. The molecule has 2 nitrogen and oxygen atoms in total. The highest BCUT2D eigenvalue weighted by Gasteiger charge is 2.10. The molecule has 1 aromatic carbocycles. The fraction of sp³-hybridized carbons (Fsp3) is 0.182. The van der Waals surface area contributed by atoms with Gasteiger partial charge in [-0.3, -0.25) is 4.79 Å². The van der Waals surface area contributed by atoms with Crippen LogP contribution in [0.4, 0.5) is 4.39 Å². The van der Waals surface area contributed by atoms with Crippen LogP contribution in [0, 0.1) is 5.82 Å². The summed E-state index contributed by atoms with van der Waals surface area (Å²) in [7, 11) is 0. The molecule has 1 N–H and O–H groups in total. The Morgan fingerprint density at radius 1 is 1.57 bits per heavy atom. The van der Waals surface area contributed by atoms with Crippen molar-refractivity contribution >= 4 is 5.91 Å². The molecule has 14 heavy (non-hydrogen) atoms. The van der Waals surface area contributed by atoms with E-state index in [4.69, 9.17) is 0 Å². The van der Waals surface area contributed by atoms with Gasteiger partial charge in [0, 0.05) is 5.56 Å². The summed E-state index contributed by atoms with van der Waals surface area (Å²) >= 11 is 0. The van der Waals surface area contributed by atoms with Gasteiger partial charge in [0.15, 0.2) is 0 Å². The molecule has 1 atom stereocenters. The number of benzene rings is 1. The van der Waals surface area contributed by atoms with Gasteiger partial charge in [-0.05, 0) is 19.1 Å². The van der Waals surface area contributed by atoms with Gasteiger partial charge in [-0.2, -0.15) is 0 Å². The first-order valence-electron chi connectivity index (χ1n) is 4.32. The number of carbonyl (C=O) groups excluding carboxylic acids is 1. The van der Waals surface area contributed by atoms with E-state index in [9.17, 15) is 9.18 Å². The van der Waals surface area contributed by atoms with Crippen LogP contribution in [0.5, 0.6) is 0 Å². The molecule has 0 bridgehead atoms. The van der Waals surface area contributed by atoms with E-state index in [1.807, 2.05) is 0 Å². The van der Waals surface area contributed by atoms with Crippen LogP contribution < -0.4 is 5.32 Å². The van der Waals surface area contributed by atoms with E-state index in [0.717, 1.165) is 6.08 Å². The van der Waals surface area contributed by atoms with Crippen LogP contribution in [0.3, 0.4) is 0 Å². The van der Waals surface area contributed by atoms with Crippen molar-refractivity contribution in [2.24, 2.45) is 0 Å². The highest BCUT2D eigenvalue weighted by molar-refractivity contribution is 5.87. The lowest BCUT2D eigenvalue weighted by molar-refractivity contribution is -0.117. The van der Waals surface area contributed by atoms with Crippen LogP contribution in [0.25, 0.3) is 0 Å².